The molecule has 17 heteroatoms. The van der Waals surface area contributed by atoms with Crippen LogP contribution in [-0.4, -0.2) is 172 Å². The van der Waals surface area contributed by atoms with Gasteiger partial charge < -0.3 is 76.9 Å². The van der Waals surface area contributed by atoms with Crippen molar-refractivity contribution < 1.29 is 81.7 Å². The summed E-state index contributed by atoms with van der Waals surface area (Å²) in [6.07, 6.45) is 0.143. The molecular weight excluding hydrogens is 945 g/mol. The minimum Gasteiger partial charge on any atom is -0.458 e. The first kappa shape index (κ1) is 55.6. The number of carbonyl (C=O) groups excluding carboxylic acids is 1. The van der Waals surface area contributed by atoms with E-state index >= 15 is 0 Å². The molecule has 1 aromatic rings. The minimum atomic E-state index is -1.11. The molecular formula is C56H86O17. The third-order valence-electron chi connectivity index (χ3n) is 19.2. The second kappa shape index (κ2) is 22.7. The molecule has 3 N–H and O–H groups in total. The Hall–Kier alpha value is -2.17. The number of aliphatic hydroxyl groups is 3. The molecule has 4 aliphatic carbocycles. The van der Waals surface area contributed by atoms with Gasteiger partial charge in [-0.2, -0.15) is 0 Å². The number of hydrogen-bond donors (Lipinski definition) is 3. The zero-order chi connectivity index (χ0) is 52.1. The van der Waals surface area contributed by atoms with Gasteiger partial charge in [0.25, 0.3) is 0 Å². The van der Waals surface area contributed by atoms with Gasteiger partial charge in [0.2, 0.25) is 0 Å². The lowest BCUT2D eigenvalue weighted by atomic mass is 9.44. The molecule has 25 atom stereocenters. The lowest BCUT2D eigenvalue weighted by molar-refractivity contribution is -0.347. The lowest BCUT2D eigenvalue weighted by Gasteiger charge is -2.63. The van der Waals surface area contributed by atoms with Crippen LogP contribution in [0, 0.1) is 28.6 Å². The van der Waals surface area contributed by atoms with Gasteiger partial charge >= 0.3 is 5.97 Å². The summed E-state index contributed by atoms with van der Waals surface area (Å²) in [7, 11) is 6.57. The Morgan fingerprint density at radius 2 is 1.15 bits per heavy atom. The van der Waals surface area contributed by atoms with Crippen molar-refractivity contribution >= 4 is 5.97 Å². The summed E-state index contributed by atoms with van der Waals surface area (Å²) in [5.74, 6) is -0.552. The number of allylic oxidation sites excluding steroid dienone is 1. The maximum atomic E-state index is 13.7. The van der Waals surface area contributed by atoms with Gasteiger partial charge in [-0.05, 0) is 115 Å². The molecule has 0 spiro atoms. The second-order valence-corrected chi connectivity index (χ2v) is 23.1. The largest absolute Gasteiger partial charge is 0.458 e. The molecule has 0 bridgehead atoms. The first-order valence-electron chi connectivity index (χ1n) is 27.2. The highest BCUT2D eigenvalue weighted by Crippen LogP contribution is 2.69. The van der Waals surface area contributed by atoms with Crippen LogP contribution in [0.1, 0.15) is 129 Å². The maximum absolute atomic E-state index is 13.7. The molecule has 0 radical (unpaired) electrons. The summed E-state index contributed by atoms with van der Waals surface area (Å²) in [4.78, 5) is 13.7. The van der Waals surface area contributed by atoms with E-state index in [4.69, 9.17) is 61.6 Å². The molecule has 0 amide bonds. The number of ether oxygens (including phenoxy) is 13. The van der Waals surface area contributed by atoms with Crippen molar-refractivity contribution in [3.05, 3.63) is 47.5 Å². The van der Waals surface area contributed by atoms with E-state index in [0.717, 1.165) is 25.7 Å². The third kappa shape index (κ3) is 10.6. The Kier molecular flexibility index (Phi) is 17.3. The van der Waals surface area contributed by atoms with Crippen molar-refractivity contribution in [2.75, 3.05) is 28.4 Å². The molecule has 4 saturated heterocycles. The molecule has 9 rings (SSSR count). The topological polar surface area (TPSA) is 198 Å². The predicted molar refractivity (Wildman–Crippen MR) is 264 cm³/mol. The van der Waals surface area contributed by atoms with Gasteiger partial charge in [0.05, 0.1) is 72.2 Å². The number of methoxy groups -OCH3 is 4. The van der Waals surface area contributed by atoms with Crippen LogP contribution in [0.25, 0.3) is 0 Å². The predicted octanol–water partition coefficient (Wildman–Crippen LogP) is 6.40. The highest BCUT2D eigenvalue weighted by molar-refractivity contribution is 5.89. The van der Waals surface area contributed by atoms with E-state index in [2.05, 4.69) is 19.9 Å². The Morgan fingerprint density at radius 1 is 0.658 bits per heavy atom. The number of esters is 1. The molecule has 73 heavy (non-hydrogen) atoms. The van der Waals surface area contributed by atoms with Crippen LogP contribution < -0.4 is 0 Å². The summed E-state index contributed by atoms with van der Waals surface area (Å²) < 4.78 is 82.1. The van der Waals surface area contributed by atoms with Gasteiger partial charge in [-0.15, -0.1) is 0 Å². The number of fused-ring (bicyclic) bond motifs is 5. The summed E-state index contributed by atoms with van der Waals surface area (Å²) in [6, 6.07) is 9.06. The van der Waals surface area contributed by atoms with E-state index in [9.17, 15) is 20.1 Å². The average molecular weight is 1030 g/mol. The summed E-state index contributed by atoms with van der Waals surface area (Å²) >= 11 is 0. The van der Waals surface area contributed by atoms with Gasteiger partial charge in [0.15, 0.2) is 25.2 Å². The highest BCUT2D eigenvalue weighted by atomic mass is 16.8. The van der Waals surface area contributed by atoms with Crippen LogP contribution >= 0.6 is 0 Å². The Balaban J connectivity index is 0.792. The van der Waals surface area contributed by atoms with Crippen molar-refractivity contribution in [3.63, 3.8) is 0 Å². The van der Waals surface area contributed by atoms with Gasteiger partial charge in [-0.3, -0.25) is 0 Å². The Bertz CT molecular complexity index is 2030. The van der Waals surface area contributed by atoms with E-state index in [1.165, 1.54) is 5.57 Å². The van der Waals surface area contributed by atoms with E-state index in [0.29, 0.717) is 50.5 Å². The van der Waals surface area contributed by atoms with Crippen molar-refractivity contribution in [2.45, 2.75) is 241 Å². The molecule has 7 fully saturated rings. The molecule has 1 aromatic carbocycles. The average Bonchev–Trinajstić information content (AvgIpc) is 3.66. The molecule has 4 heterocycles. The molecule has 3 saturated carbocycles. The van der Waals surface area contributed by atoms with Gasteiger partial charge in [-0.1, -0.05) is 43.7 Å². The van der Waals surface area contributed by atoms with Crippen molar-refractivity contribution in [1.29, 1.82) is 0 Å². The van der Waals surface area contributed by atoms with Gasteiger partial charge in [0, 0.05) is 59.5 Å². The molecule has 17 nitrogen and oxygen atoms in total. The summed E-state index contributed by atoms with van der Waals surface area (Å²) in [5.41, 5.74) is -0.335. The zero-order valence-electron chi connectivity index (χ0n) is 45.0. The number of aliphatic hydroxyl groups excluding tert-OH is 2. The Morgan fingerprint density at radius 3 is 1.66 bits per heavy atom. The Labute approximate surface area is 432 Å². The van der Waals surface area contributed by atoms with Crippen molar-refractivity contribution in [2.24, 2.45) is 28.6 Å². The van der Waals surface area contributed by atoms with Crippen LogP contribution in [0.15, 0.2) is 42.0 Å². The third-order valence-corrected chi connectivity index (χ3v) is 19.2. The number of benzene rings is 1. The van der Waals surface area contributed by atoms with Gasteiger partial charge in [0.1, 0.15) is 30.5 Å². The monoisotopic (exact) mass is 1030 g/mol. The first-order valence-corrected chi connectivity index (χ1v) is 27.2. The SMILES string of the molecule is CO[C@H]1C[C@H](O[C@H]2CC[C@@]3(C)C(=CC[C@@H]4[C@@H]3C[C@@H](OC(=O)c3ccccc3)[C@]3(C)[C@H]([C@H](C)O)CC[C@]43O)C2)O[C@H](C)[C@H]1O[C@H]1C[C@H](OC)[C@H](O[C@H]2C[C@@H](OC)[C@H](O[C@H]3C[C@@H](OC)[C@H](O)[C@@H](C)O3)[C@@H](C)O2)[C@@H](C)O1. The van der Waals surface area contributed by atoms with Gasteiger partial charge in [-0.25, -0.2) is 4.79 Å². The fraction of sp³-hybridized carbons (Fsp3) is 0.839. The summed E-state index contributed by atoms with van der Waals surface area (Å²) in [6.45, 7) is 13.9. The van der Waals surface area contributed by atoms with E-state index in [1.807, 2.05) is 39.0 Å². The summed E-state index contributed by atoms with van der Waals surface area (Å²) in [5, 5.41) is 34.5. The lowest BCUT2D eigenvalue weighted by Crippen LogP contribution is -2.67. The van der Waals surface area contributed by atoms with Crippen molar-refractivity contribution in [1.82, 2.24) is 0 Å². The fourth-order valence-electron chi connectivity index (χ4n) is 15.0. The molecule has 8 aliphatic rings. The zero-order valence-corrected chi connectivity index (χ0v) is 45.0. The highest BCUT2D eigenvalue weighted by Gasteiger charge is 2.71. The smallest absolute Gasteiger partial charge is 0.338 e. The van der Waals surface area contributed by atoms with E-state index < -0.39 is 103 Å². The minimum absolute atomic E-state index is 0.0306. The van der Waals surface area contributed by atoms with E-state index in [1.54, 1.807) is 54.4 Å². The van der Waals surface area contributed by atoms with Crippen LogP contribution in [0.5, 0.6) is 0 Å². The second-order valence-electron chi connectivity index (χ2n) is 23.1. The number of hydrogen-bond acceptors (Lipinski definition) is 17. The van der Waals surface area contributed by atoms with Crippen LogP contribution in [0.3, 0.4) is 0 Å². The van der Waals surface area contributed by atoms with Crippen LogP contribution in [0.2, 0.25) is 0 Å². The quantitative estimate of drug-likeness (QED) is 0.129. The molecule has 4 aliphatic heterocycles. The van der Waals surface area contributed by atoms with Crippen LogP contribution in [0.4, 0.5) is 0 Å². The molecule has 0 unspecified atom stereocenters. The standard InChI is InChI=1S/C56H86O17/c1-29(57)37-20-22-56(60)38-18-17-35-23-36(19-21-54(35,6)39(38)24-44(55(37,56)7)70-53(59)34-15-13-12-14-16-34)69-45-26-41(62-9)50(31(3)66-45)72-47-28-43(64-11)52(33(5)68-47)73-48-27-42(63-10)51(32(4)67-48)71-46-25-40(61-8)49(58)30(2)65-46/h12-17,29-33,36-52,57-58,60H,18-28H2,1-11H3/t29-,30+,31+,32+,33+,36-,37-,38+,39-,40+,41-,42+,43-,44+,45-,46-,47-,48-,49+,50+,51+,52+,54-,55-,56-/m0/s1. The first-order chi connectivity index (χ1) is 34.8. The normalized spacial score (nSPS) is 48.4. The van der Waals surface area contributed by atoms with Crippen molar-refractivity contribution in [3.8, 4) is 0 Å². The van der Waals surface area contributed by atoms with E-state index in [-0.39, 0.29) is 53.7 Å². The molecule has 412 valence electrons. The molecule has 0 aromatic heterocycles. The van der Waals surface area contributed by atoms with Crippen LogP contribution in [-0.2, 0) is 61.6 Å². The number of carbonyl (C=O) groups is 1. The number of rotatable bonds is 15. The maximum Gasteiger partial charge on any atom is 0.338 e. The fourth-order valence-corrected chi connectivity index (χ4v) is 15.0.